The molecule has 2 fully saturated rings. The van der Waals surface area contributed by atoms with Crippen LogP contribution >= 0.6 is 0 Å². The predicted molar refractivity (Wildman–Crippen MR) is 85.1 cm³/mol. The second-order valence-corrected chi connectivity index (χ2v) is 6.97. The monoisotopic (exact) mass is 296 g/mol. The third-order valence-corrected chi connectivity index (χ3v) is 5.30. The Hall–Kier alpha value is -0.610. The minimum absolute atomic E-state index is 0.0411. The lowest BCUT2D eigenvalue weighted by Crippen LogP contribution is -2.62. The molecule has 0 amide bonds. The molecule has 1 N–H and O–H groups in total. The van der Waals surface area contributed by atoms with Gasteiger partial charge in [-0.15, -0.1) is 0 Å². The highest BCUT2D eigenvalue weighted by atomic mass is 16.5. The molecule has 1 aliphatic carbocycles. The van der Waals surface area contributed by atoms with Gasteiger partial charge in [0, 0.05) is 13.1 Å². The highest BCUT2D eigenvalue weighted by Crippen LogP contribution is 2.41. The zero-order chi connectivity index (χ0) is 15.5. The molecule has 2 rings (SSSR count). The number of likely N-dealkylation sites (tertiary alicyclic amines) is 1. The van der Waals surface area contributed by atoms with Gasteiger partial charge in [0.05, 0.1) is 6.61 Å². The van der Waals surface area contributed by atoms with Gasteiger partial charge in [-0.3, -0.25) is 0 Å². The highest BCUT2D eigenvalue weighted by molar-refractivity contribution is 5.82. The molecule has 1 saturated heterocycles. The Morgan fingerprint density at radius 2 is 1.95 bits per heavy atom. The first-order chi connectivity index (χ1) is 10.0. The summed E-state index contributed by atoms with van der Waals surface area (Å²) in [6, 6.07) is 0. The van der Waals surface area contributed by atoms with Crippen LogP contribution in [0.25, 0.3) is 0 Å². The van der Waals surface area contributed by atoms with Crippen LogP contribution in [0.1, 0.15) is 47.0 Å². The highest BCUT2D eigenvalue weighted by Gasteiger charge is 2.52. The summed E-state index contributed by atoms with van der Waals surface area (Å²) < 4.78 is 5.42. The lowest BCUT2D eigenvalue weighted by atomic mass is 9.86. The Morgan fingerprint density at radius 3 is 2.48 bits per heavy atom. The van der Waals surface area contributed by atoms with Crippen molar-refractivity contribution < 1.29 is 9.53 Å². The lowest BCUT2D eigenvalue weighted by Gasteiger charge is -2.42. The van der Waals surface area contributed by atoms with E-state index in [1.807, 2.05) is 6.92 Å². The van der Waals surface area contributed by atoms with E-state index in [0.717, 1.165) is 44.9 Å². The second-order valence-electron chi connectivity index (χ2n) is 6.97. The van der Waals surface area contributed by atoms with E-state index in [0.29, 0.717) is 18.4 Å². The fourth-order valence-electron chi connectivity index (χ4n) is 3.63. The maximum Gasteiger partial charge on any atom is 0.327 e. The molecule has 0 aromatic carbocycles. The van der Waals surface area contributed by atoms with Crippen molar-refractivity contribution in [2.75, 3.05) is 32.8 Å². The zero-order valence-electron chi connectivity index (χ0n) is 14.2. The summed E-state index contributed by atoms with van der Waals surface area (Å²) in [5, 5.41) is 3.50. The first-order valence-corrected chi connectivity index (χ1v) is 8.68. The van der Waals surface area contributed by atoms with E-state index < -0.39 is 5.54 Å². The predicted octanol–water partition coefficient (Wildman–Crippen LogP) is 2.29. The van der Waals surface area contributed by atoms with Crippen LogP contribution in [0.3, 0.4) is 0 Å². The van der Waals surface area contributed by atoms with Crippen molar-refractivity contribution >= 4 is 5.97 Å². The number of hydrogen-bond donors (Lipinski definition) is 1. The number of carbonyl (C=O) groups is 1. The second kappa shape index (κ2) is 7.10. The van der Waals surface area contributed by atoms with E-state index in [1.165, 1.54) is 6.42 Å². The Balaban J connectivity index is 2.09. The van der Waals surface area contributed by atoms with Crippen LogP contribution in [-0.4, -0.2) is 49.2 Å². The molecule has 21 heavy (non-hydrogen) atoms. The Kier molecular flexibility index (Phi) is 5.67. The Bertz CT molecular complexity index is 357. The molecule has 3 unspecified atom stereocenters. The average Bonchev–Trinajstić information content (AvgIpc) is 3.27. The van der Waals surface area contributed by atoms with E-state index in [4.69, 9.17) is 4.74 Å². The van der Waals surface area contributed by atoms with Crippen LogP contribution < -0.4 is 5.32 Å². The quantitative estimate of drug-likeness (QED) is 0.732. The molecule has 1 heterocycles. The number of ether oxygens (including phenoxy) is 1. The molecule has 1 aliphatic heterocycles. The molecular weight excluding hydrogens is 264 g/mol. The number of nitrogens with one attached hydrogen (secondary N) is 1. The van der Waals surface area contributed by atoms with Crippen LogP contribution in [0.2, 0.25) is 0 Å². The molecule has 122 valence electrons. The SMILES string of the molecule is CCNC(CN1CCC(C)C(C)C1)(C(=O)OCC)C1CC1. The van der Waals surface area contributed by atoms with E-state index >= 15 is 0 Å². The van der Waals surface area contributed by atoms with Crippen molar-refractivity contribution in [1.29, 1.82) is 0 Å². The number of hydrogen-bond acceptors (Lipinski definition) is 4. The molecule has 0 spiro atoms. The molecule has 4 nitrogen and oxygen atoms in total. The van der Waals surface area contributed by atoms with E-state index in [2.05, 4.69) is 31.0 Å². The van der Waals surface area contributed by atoms with Gasteiger partial charge in [-0.2, -0.15) is 0 Å². The third kappa shape index (κ3) is 3.78. The minimum atomic E-state index is -0.481. The zero-order valence-corrected chi connectivity index (χ0v) is 14.2. The van der Waals surface area contributed by atoms with Crippen LogP contribution in [-0.2, 0) is 9.53 Å². The van der Waals surface area contributed by atoms with Gasteiger partial charge in [0.1, 0.15) is 5.54 Å². The maximum atomic E-state index is 12.6. The molecular formula is C17H32N2O2. The number of carbonyl (C=O) groups excluding carboxylic acids is 1. The summed E-state index contributed by atoms with van der Waals surface area (Å²) in [6.45, 7) is 12.9. The van der Waals surface area contributed by atoms with E-state index in [-0.39, 0.29) is 5.97 Å². The van der Waals surface area contributed by atoms with Crippen molar-refractivity contribution in [2.45, 2.75) is 52.5 Å². The molecule has 0 bridgehead atoms. The smallest absolute Gasteiger partial charge is 0.327 e. The number of piperidine rings is 1. The van der Waals surface area contributed by atoms with Crippen LogP contribution in [0.4, 0.5) is 0 Å². The van der Waals surface area contributed by atoms with Gasteiger partial charge in [-0.25, -0.2) is 4.79 Å². The Morgan fingerprint density at radius 1 is 1.24 bits per heavy atom. The van der Waals surface area contributed by atoms with Gasteiger partial charge in [-0.05, 0) is 57.0 Å². The molecule has 0 aromatic heterocycles. The van der Waals surface area contributed by atoms with Gasteiger partial charge < -0.3 is 15.0 Å². The van der Waals surface area contributed by atoms with Crippen molar-refractivity contribution in [3.63, 3.8) is 0 Å². The summed E-state index contributed by atoms with van der Waals surface area (Å²) >= 11 is 0. The summed E-state index contributed by atoms with van der Waals surface area (Å²) in [5.41, 5.74) is -0.481. The van der Waals surface area contributed by atoms with Crippen molar-refractivity contribution in [3.05, 3.63) is 0 Å². The lowest BCUT2D eigenvalue weighted by molar-refractivity contribution is -0.153. The van der Waals surface area contributed by atoms with Gasteiger partial charge >= 0.3 is 5.97 Å². The van der Waals surface area contributed by atoms with Gasteiger partial charge in [0.15, 0.2) is 0 Å². The molecule has 0 radical (unpaired) electrons. The minimum Gasteiger partial charge on any atom is -0.465 e. The summed E-state index contributed by atoms with van der Waals surface area (Å²) in [6.07, 6.45) is 3.52. The maximum absolute atomic E-state index is 12.6. The van der Waals surface area contributed by atoms with Crippen LogP contribution in [0.15, 0.2) is 0 Å². The standard InChI is InChI=1S/C17H32N2O2/c1-5-18-17(15-7-8-15,16(20)21-6-2)12-19-10-9-13(3)14(4)11-19/h13-15,18H,5-12H2,1-4H3. The average molecular weight is 296 g/mol. The van der Waals surface area contributed by atoms with Crippen LogP contribution in [0.5, 0.6) is 0 Å². The summed E-state index contributed by atoms with van der Waals surface area (Å²) in [4.78, 5) is 15.1. The summed E-state index contributed by atoms with van der Waals surface area (Å²) in [5.74, 6) is 1.91. The van der Waals surface area contributed by atoms with Crippen molar-refractivity contribution in [2.24, 2.45) is 17.8 Å². The largest absolute Gasteiger partial charge is 0.465 e. The van der Waals surface area contributed by atoms with E-state index in [9.17, 15) is 4.79 Å². The van der Waals surface area contributed by atoms with Gasteiger partial charge in [0.25, 0.3) is 0 Å². The Labute approximate surface area is 129 Å². The number of nitrogens with zero attached hydrogens (tertiary/aromatic N) is 1. The van der Waals surface area contributed by atoms with Gasteiger partial charge in [-0.1, -0.05) is 20.8 Å². The fourth-order valence-corrected chi connectivity index (χ4v) is 3.63. The summed E-state index contributed by atoms with van der Waals surface area (Å²) in [7, 11) is 0. The number of likely N-dealkylation sites (N-methyl/N-ethyl adjacent to an activating group) is 1. The first-order valence-electron chi connectivity index (χ1n) is 8.68. The van der Waals surface area contributed by atoms with Gasteiger partial charge in [0.2, 0.25) is 0 Å². The van der Waals surface area contributed by atoms with Crippen molar-refractivity contribution in [3.8, 4) is 0 Å². The molecule has 1 saturated carbocycles. The molecule has 3 atom stereocenters. The third-order valence-electron chi connectivity index (χ3n) is 5.30. The van der Waals surface area contributed by atoms with Crippen LogP contribution in [0, 0.1) is 17.8 Å². The van der Waals surface area contributed by atoms with E-state index in [1.54, 1.807) is 0 Å². The molecule has 0 aromatic rings. The topological polar surface area (TPSA) is 41.6 Å². The molecule has 4 heteroatoms. The van der Waals surface area contributed by atoms with Crippen molar-refractivity contribution in [1.82, 2.24) is 10.2 Å². The number of esters is 1. The fraction of sp³-hybridized carbons (Fsp3) is 0.941. The first kappa shape index (κ1) is 16.8. The number of rotatable bonds is 7. The normalized spacial score (nSPS) is 29.9. The molecule has 2 aliphatic rings.